The molecule has 0 spiro atoms. The second kappa shape index (κ2) is 8.84. The van der Waals surface area contributed by atoms with Gasteiger partial charge in [0.15, 0.2) is 0 Å². The van der Waals surface area contributed by atoms with Crippen molar-refractivity contribution in [2.45, 2.75) is 56.7 Å². The van der Waals surface area contributed by atoms with Crippen LogP contribution in [0, 0.1) is 0 Å². The van der Waals surface area contributed by atoms with Crippen molar-refractivity contribution in [3.8, 4) is 0 Å². The summed E-state index contributed by atoms with van der Waals surface area (Å²) in [6, 6.07) is -0.344. The van der Waals surface area contributed by atoms with Gasteiger partial charge in [-0.1, -0.05) is 6.92 Å². The fourth-order valence-corrected chi connectivity index (χ4v) is 3.41. The zero-order valence-corrected chi connectivity index (χ0v) is 12.5. The molecule has 1 aliphatic carbocycles. The van der Waals surface area contributed by atoms with Gasteiger partial charge < -0.3 is 10.4 Å². The zero-order valence-electron chi connectivity index (χ0n) is 11.7. The van der Waals surface area contributed by atoms with Crippen molar-refractivity contribution in [2.75, 3.05) is 5.75 Å². The third-order valence-electron chi connectivity index (χ3n) is 3.17. The summed E-state index contributed by atoms with van der Waals surface area (Å²) in [7, 11) is 0. The van der Waals surface area contributed by atoms with Crippen molar-refractivity contribution in [2.24, 2.45) is 0 Å². The molecule has 0 aromatic heterocycles. The summed E-state index contributed by atoms with van der Waals surface area (Å²) in [6.07, 6.45) is 3.22. The lowest BCUT2D eigenvalue weighted by Gasteiger charge is -2.13. The van der Waals surface area contributed by atoms with Crippen molar-refractivity contribution >= 4 is 29.7 Å². The molecular formula is C13H22N2O4S. The number of carboxylic acid groups (broad SMARTS) is 1. The lowest BCUT2D eigenvalue weighted by molar-refractivity contribution is -0.137. The van der Waals surface area contributed by atoms with Gasteiger partial charge in [-0.25, -0.2) is 4.79 Å². The Kier molecular flexibility index (Phi) is 7.43. The van der Waals surface area contributed by atoms with Crippen LogP contribution in [0.3, 0.4) is 0 Å². The van der Waals surface area contributed by atoms with Crippen LogP contribution in [0.15, 0.2) is 0 Å². The maximum absolute atomic E-state index is 11.6. The zero-order chi connectivity index (χ0) is 15.0. The number of thioether (sulfide) groups is 1. The van der Waals surface area contributed by atoms with E-state index in [1.165, 1.54) is 0 Å². The molecule has 114 valence electrons. The minimum absolute atomic E-state index is 0.0543. The molecule has 0 aromatic carbocycles. The van der Waals surface area contributed by atoms with Crippen molar-refractivity contribution in [1.82, 2.24) is 10.6 Å². The quantitative estimate of drug-likeness (QED) is 0.666. The van der Waals surface area contributed by atoms with Gasteiger partial charge in [0.2, 0.25) is 5.91 Å². The molecule has 0 aliphatic heterocycles. The molecule has 3 N–H and O–H groups in total. The van der Waals surface area contributed by atoms with Crippen LogP contribution < -0.4 is 10.6 Å². The average molecular weight is 302 g/mol. The number of carbonyl (C=O) groups excluding carboxylic acids is 2. The largest absolute Gasteiger partial charge is 0.481 e. The third kappa shape index (κ3) is 6.79. The number of hydrogen-bond acceptors (Lipinski definition) is 4. The number of amides is 3. The summed E-state index contributed by atoms with van der Waals surface area (Å²) in [6.45, 7) is 2.12. The van der Waals surface area contributed by atoms with Crippen LogP contribution in [0.1, 0.15) is 45.4 Å². The van der Waals surface area contributed by atoms with E-state index in [0.29, 0.717) is 5.25 Å². The predicted octanol–water partition coefficient (Wildman–Crippen LogP) is 1.74. The Morgan fingerprint density at radius 3 is 2.65 bits per heavy atom. The molecule has 2 atom stereocenters. The van der Waals surface area contributed by atoms with Gasteiger partial charge >= 0.3 is 12.0 Å². The highest BCUT2D eigenvalue weighted by molar-refractivity contribution is 7.99. The maximum atomic E-state index is 11.6. The Balaban J connectivity index is 2.17. The molecule has 1 rings (SSSR count). The molecule has 7 heteroatoms. The molecule has 0 saturated heterocycles. The first kappa shape index (κ1) is 16.8. The minimum atomic E-state index is -0.937. The van der Waals surface area contributed by atoms with E-state index >= 15 is 0 Å². The van der Waals surface area contributed by atoms with Gasteiger partial charge in [-0.3, -0.25) is 14.9 Å². The molecular weight excluding hydrogens is 280 g/mol. The van der Waals surface area contributed by atoms with Crippen LogP contribution in [-0.4, -0.2) is 40.1 Å². The highest BCUT2D eigenvalue weighted by Gasteiger charge is 2.25. The SMILES string of the molecule is CCSC1CCC(NC(=O)NC(=O)CCCC(=O)O)C1. The van der Waals surface area contributed by atoms with Gasteiger partial charge in [0, 0.05) is 24.1 Å². The number of imide groups is 1. The number of hydrogen-bond donors (Lipinski definition) is 3. The van der Waals surface area contributed by atoms with E-state index in [-0.39, 0.29) is 25.3 Å². The Morgan fingerprint density at radius 1 is 1.25 bits per heavy atom. The Hall–Kier alpha value is -1.24. The second-order valence-corrected chi connectivity index (χ2v) is 6.43. The first-order valence-electron chi connectivity index (χ1n) is 6.95. The van der Waals surface area contributed by atoms with Gasteiger partial charge in [-0.15, -0.1) is 0 Å². The number of aliphatic carboxylic acids is 1. The van der Waals surface area contributed by atoms with Crippen LogP contribution in [-0.2, 0) is 9.59 Å². The highest BCUT2D eigenvalue weighted by Crippen LogP contribution is 2.29. The van der Waals surface area contributed by atoms with Gasteiger partial charge in [0.1, 0.15) is 0 Å². The number of carbonyl (C=O) groups is 3. The number of nitrogens with one attached hydrogen (secondary N) is 2. The Morgan fingerprint density at radius 2 is 2.00 bits per heavy atom. The Labute approximate surface area is 123 Å². The van der Waals surface area contributed by atoms with Crippen LogP contribution >= 0.6 is 11.8 Å². The van der Waals surface area contributed by atoms with E-state index in [9.17, 15) is 14.4 Å². The summed E-state index contributed by atoms with van der Waals surface area (Å²) in [5.74, 6) is -0.292. The fourth-order valence-electron chi connectivity index (χ4n) is 2.27. The van der Waals surface area contributed by atoms with E-state index in [1.807, 2.05) is 11.8 Å². The van der Waals surface area contributed by atoms with Crippen molar-refractivity contribution in [1.29, 1.82) is 0 Å². The second-order valence-electron chi connectivity index (χ2n) is 4.86. The lowest BCUT2D eigenvalue weighted by Crippen LogP contribution is -2.43. The van der Waals surface area contributed by atoms with E-state index < -0.39 is 17.9 Å². The van der Waals surface area contributed by atoms with Crippen molar-refractivity contribution in [3.05, 3.63) is 0 Å². The molecule has 0 radical (unpaired) electrons. The van der Waals surface area contributed by atoms with Crippen molar-refractivity contribution in [3.63, 3.8) is 0 Å². The van der Waals surface area contributed by atoms with Crippen LogP contribution in [0.2, 0.25) is 0 Å². The summed E-state index contributed by atoms with van der Waals surface area (Å²) in [4.78, 5) is 33.3. The van der Waals surface area contributed by atoms with Crippen molar-refractivity contribution < 1.29 is 19.5 Å². The van der Waals surface area contributed by atoms with E-state index in [4.69, 9.17) is 5.11 Å². The fraction of sp³-hybridized carbons (Fsp3) is 0.769. The smallest absolute Gasteiger partial charge is 0.321 e. The van der Waals surface area contributed by atoms with E-state index in [1.54, 1.807) is 0 Å². The van der Waals surface area contributed by atoms with Crippen LogP contribution in [0.5, 0.6) is 0 Å². The number of urea groups is 1. The summed E-state index contributed by atoms with van der Waals surface area (Å²) in [5, 5.41) is 14.1. The third-order valence-corrected chi connectivity index (χ3v) is 4.40. The molecule has 2 unspecified atom stereocenters. The molecule has 0 bridgehead atoms. The van der Waals surface area contributed by atoms with Gasteiger partial charge in [-0.2, -0.15) is 11.8 Å². The maximum Gasteiger partial charge on any atom is 0.321 e. The normalized spacial score (nSPS) is 21.4. The van der Waals surface area contributed by atoms with E-state index in [2.05, 4.69) is 17.6 Å². The average Bonchev–Trinajstić information content (AvgIpc) is 2.76. The molecule has 3 amide bonds. The monoisotopic (exact) mass is 302 g/mol. The number of carboxylic acids is 1. The highest BCUT2D eigenvalue weighted by atomic mass is 32.2. The standard InChI is InChI=1S/C13H22N2O4S/c1-2-20-10-7-6-9(8-10)14-13(19)15-11(16)4-3-5-12(17)18/h9-10H,2-8H2,1H3,(H,17,18)(H2,14,15,16,19). The summed E-state index contributed by atoms with van der Waals surface area (Å²) < 4.78 is 0. The molecule has 0 heterocycles. The minimum Gasteiger partial charge on any atom is -0.481 e. The lowest BCUT2D eigenvalue weighted by atomic mass is 10.2. The first-order valence-corrected chi connectivity index (χ1v) is 7.99. The number of rotatable bonds is 7. The summed E-state index contributed by atoms with van der Waals surface area (Å²) >= 11 is 1.90. The van der Waals surface area contributed by atoms with Gasteiger partial charge in [-0.05, 0) is 31.4 Å². The molecule has 1 aliphatic rings. The molecule has 1 saturated carbocycles. The molecule has 6 nitrogen and oxygen atoms in total. The van der Waals surface area contributed by atoms with Gasteiger partial charge in [0.25, 0.3) is 0 Å². The van der Waals surface area contributed by atoms with Crippen LogP contribution in [0.4, 0.5) is 4.79 Å². The Bertz CT molecular complexity index is 362. The molecule has 20 heavy (non-hydrogen) atoms. The van der Waals surface area contributed by atoms with Crippen LogP contribution in [0.25, 0.3) is 0 Å². The van der Waals surface area contributed by atoms with Gasteiger partial charge in [0.05, 0.1) is 0 Å². The molecule has 0 aromatic rings. The topological polar surface area (TPSA) is 95.5 Å². The van der Waals surface area contributed by atoms with E-state index in [0.717, 1.165) is 25.0 Å². The first-order chi connectivity index (χ1) is 9.51. The molecule has 1 fully saturated rings. The summed E-state index contributed by atoms with van der Waals surface area (Å²) in [5.41, 5.74) is 0. The predicted molar refractivity (Wildman–Crippen MR) is 77.7 cm³/mol.